The van der Waals surface area contributed by atoms with E-state index in [1.165, 1.54) is 11.8 Å². The van der Waals surface area contributed by atoms with Crippen LogP contribution in [0.5, 0.6) is 5.75 Å². The quantitative estimate of drug-likeness (QED) is 0.856. The average molecular weight is 285 g/mol. The van der Waals surface area contributed by atoms with Crippen LogP contribution in [-0.4, -0.2) is 23.2 Å². The lowest BCUT2D eigenvalue weighted by atomic mass is 10.1. The Bertz CT molecular complexity index is 768. The molecule has 2 N–H and O–H groups in total. The van der Waals surface area contributed by atoms with Gasteiger partial charge < -0.3 is 10.5 Å². The molecule has 1 aliphatic heterocycles. The van der Waals surface area contributed by atoms with Crippen molar-refractivity contribution in [2.24, 2.45) is 10.7 Å². The van der Waals surface area contributed by atoms with Gasteiger partial charge in [0.25, 0.3) is 5.91 Å². The number of hydrogen-bond acceptors (Lipinski definition) is 5. The molecule has 1 aromatic heterocycles. The molecule has 0 fully saturated rings. The highest BCUT2D eigenvalue weighted by molar-refractivity contribution is 8.18. The molecule has 2 aromatic rings. The third kappa shape index (κ3) is 2.25. The second kappa shape index (κ2) is 4.97. The van der Waals surface area contributed by atoms with Crippen molar-refractivity contribution in [1.29, 1.82) is 0 Å². The summed E-state index contributed by atoms with van der Waals surface area (Å²) < 4.78 is 5.32. The van der Waals surface area contributed by atoms with Gasteiger partial charge in [-0.25, -0.2) is 0 Å². The SMILES string of the molecule is COc1ccnc2ccc(C=C3SC(N)=NC3=O)cc12. The van der Waals surface area contributed by atoms with E-state index in [2.05, 4.69) is 9.98 Å². The lowest BCUT2D eigenvalue weighted by molar-refractivity contribution is -0.113. The van der Waals surface area contributed by atoms with Gasteiger partial charge in [0.05, 0.1) is 17.5 Å². The zero-order valence-electron chi connectivity index (χ0n) is 10.7. The van der Waals surface area contributed by atoms with E-state index in [0.717, 1.165) is 22.2 Å². The topological polar surface area (TPSA) is 77.6 Å². The van der Waals surface area contributed by atoms with E-state index >= 15 is 0 Å². The molecule has 0 radical (unpaired) electrons. The van der Waals surface area contributed by atoms with Gasteiger partial charge in [-0.05, 0) is 41.6 Å². The zero-order chi connectivity index (χ0) is 14.1. The van der Waals surface area contributed by atoms with Gasteiger partial charge in [-0.1, -0.05) is 6.07 Å². The number of amidine groups is 1. The van der Waals surface area contributed by atoms with E-state index in [1.54, 1.807) is 25.4 Å². The van der Waals surface area contributed by atoms with Crippen molar-refractivity contribution < 1.29 is 9.53 Å². The second-order valence-electron chi connectivity index (χ2n) is 4.16. The number of hydrogen-bond donors (Lipinski definition) is 1. The maximum Gasteiger partial charge on any atom is 0.286 e. The second-order valence-corrected chi connectivity index (χ2v) is 5.22. The summed E-state index contributed by atoms with van der Waals surface area (Å²) in [5.41, 5.74) is 7.25. The lowest BCUT2D eigenvalue weighted by Gasteiger charge is -2.05. The summed E-state index contributed by atoms with van der Waals surface area (Å²) in [6.45, 7) is 0. The third-order valence-corrected chi connectivity index (χ3v) is 3.69. The fourth-order valence-corrected chi connectivity index (χ4v) is 2.67. The molecule has 0 unspecified atom stereocenters. The maximum atomic E-state index is 11.6. The monoisotopic (exact) mass is 285 g/mol. The number of rotatable bonds is 2. The van der Waals surface area contributed by atoms with Crippen LogP contribution in [0.3, 0.4) is 0 Å². The Morgan fingerprint density at radius 1 is 1.35 bits per heavy atom. The number of ether oxygens (including phenoxy) is 1. The minimum absolute atomic E-state index is 0.279. The zero-order valence-corrected chi connectivity index (χ0v) is 11.5. The van der Waals surface area contributed by atoms with Crippen LogP contribution in [0.2, 0.25) is 0 Å². The number of pyridine rings is 1. The number of nitrogens with two attached hydrogens (primary N) is 1. The normalized spacial score (nSPS) is 16.8. The van der Waals surface area contributed by atoms with Gasteiger partial charge in [-0.3, -0.25) is 9.78 Å². The lowest BCUT2D eigenvalue weighted by Crippen LogP contribution is -2.01. The molecule has 2 heterocycles. The summed E-state index contributed by atoms with van der Waals surface area (Å²) >= 11 is 1.18. The van der Waals surface area contributed by atoms with E-state index in [-0.39, 0.29) is 11.1 Å². The first-order valence-corrected chi connectivity index (χ1v) is 6.70. The van der Waals surface area contributed by atoms with Gasteiger partial charge in [0.15, 0.2) is 5.17 Å². The Morgan fingerprint density at radius 3 is 2.90 bits per heavy atom. The first-order valence-electron chi connectivity index (χ1n) is 5.88. The number of nitrogens with zero attached hydrogens (tertiary/aromatic N) is 2. The summed E-state index contributed by atoms with van der Waals surface area (Å²) in [6, 6.07) is 7.51. The van der Waals surface area contributed by atoms with Crippen molar-refractivity contribution in [2.75, 3.05) is 7.11 Å². The Kier molecular flexibility index (Phi) is 3.15. The van der Waals surface area contributed by atoms with Crippen LogP contribution < -0.4 is 10.5 Å². The molecule has 6 heteroatoms. The molecule has 3 rings (SSSR count). The molecular formula is C14H11N3O2S. The van der Waals surface area contributed by atoms with Gasteiger partial charge in [0, 0.05) is 11.6 Å². The number of aliphatic imine (C=N–C) groups is 1. The van der Waals surface area contributed by atoms with Crippen molar-refractivity contribution in [2.45, 2.75) is 0 Å². The molecule has 0 saturated heterocycles. The Labute approximate surface area is 119 Å². The highest BCUT2D eigenvalue weighted by atomic mass is 32.2. The molecule has 0 spiro atoms. The first-order chi connectivity index (χ1) is 9.67. The summed E-state index contributed by atoms with van der Waals surface area (Å²) in [4.78, 5) is 20.1. The maximum absolute atomic E-state index is 11.6. The van der Waals surface area contributed by atoms with Crippen molar-refractivity contribution in [3.63, 3.8) is 0 Å². The van der Waals surface area contributed by atoms with E-state index in [0.29, 0.717) is 4.91 Å². The number of thioether (sulfide) groups is 1. The molecular weight excluding hydrogens is 274 g/mol. The molecule has 1 amide bonds. The molecule has 0 bridgehead atoms. The molecule has 0 aliphatic carbocycles. The fraction of sp³-hybridized carbons (Fsp3) is 0.0714. The molecule has 20 heavy (non-hydrogen) atoms. The number of benzene rings is 1. The first kappa shape index (κ1) is 12.7. The number of aromatic nitrogens is 1. The van der Waals surface area contributed by atoms with Gasteiger partial charge in [0.2, 0.25) is 0 Å². The van der Waals surface area contributed by atoms with Crippen molar-refractivity contribution in [1.82, 2.24) is 4.98 Å². The van der Waals surface area contributed by atoms with Crippen LogP contribution in [0.25, 0.3) is 17.0 Å². The minimum atomic E-state index is -0.300. The average Bonchev–Trinajstić information content (AvgIpc) is 2.76. The minimum Gasteiger partial charge on any atom is -0.496 e. The van der Waals surface area contributed by atoms with Gasteiger partial charge in [-0.2, -0.15) is 4.99 Å². The predicted octanol–water partition coefficient (Wildman–Crippen LogP) is 2.17. The standard InChI is InChI=1S/C14H11N3O2S/c1-19-11-4-5-16-10-3-2-8(6-9(10)11)7-12-13(18)17-14(15)20-12/h2-7H,1H3,(H2,15,17,18). The van der Waals surface area contributed by atoms with Gasteiger partial charge in [0.1, 0.15) is 5.75 Å². The van der Waals surface area contributed by atoms with Crippen LogP contribution >= 0.6 is 11.8 Å². The van der Waals surface area contributed by atoms with E-state index in [4.69, 9.17) is 10.5 Å². The summed E-state index contributed by atoms with van der Waals surface area (Å²) in [5, 5.41) is 1.18. The number of amides is 1. The van der Waals surface area contributed by atoms with E-state index in [9.17, 15) is 4.79 Å². The Hall–Kier alpha value is -2.34. The number of carbonyl (C=O) groups excluding carboxylic acids is 1. The third-order valence-electron chi connectivity index (χ3n) is 2.88. The highest BCUT2D eigenvalue weighted by Gasteiger charge is 2.19. The van der Waals surface area contributed by atoms with Gasteiger partial charge >= 0.3 is 0 Å². The van der Waals surface area contributed by atoms with Gasteiger partial charge in [-0.15, -0.1) is 0 Å². The molecule has 1 aliphatic rings. The summed E-state index contributed by atoms with van der Waals surface area (Å²) in [5.74, 6) is 0.446. The van der Waals surface area contributed by atoms with E-state index < -0.39 is 0 Å². The largest absolute Gasteiger partial charge is 0.496 e. The smallest absolute Gasteiger partial charge is 0.286 e. The number of methoxy groups -OCH3 is 1. The van der Waals surface area contributed by atoms with Crippen molar-refractivity contribution in [3.05, 3.63) is 40.9 Å². The van der Waals surface area contributed by atoms with Crippen LogP contribution in [0, 0.1) is 0 Å². The van der Waals surface area contributed by atoms with Crippen LogP contribution in [0.15, 0.2) is 40.4 Å². The van der Waals surface area contributed by atoms with Crippen LogP contribution in [0.4, 0.5) is 0 Å². The molecule has 1 aromatic carbocycles. The van der Waals surface area contributed by atoms with Crippen LogP contribution in [-0.2, 0) is 4.79 Å². The fourth-order valence-electron chi connectivity index (χ4n) is 1.98. The molecule has 5 nitrogen and oxygen atoms in total. The van der Waals surface area contributed by atoms with Crippen molar-refractivity contribution in [3.8, 4) is 5.75 Å². The predicted molar refractivity (Wildman–Crippen MR) is 80.5 cm³/mol. The van der Waals surface area contributed by atoms with E-state index in [1.807, 2.05) is 18.2 Å². The molecule has 0 saturated carbocycles. The molecule has 100 valence electrons. The van der Waals surface area contributed by atoms with Crippen LogP contribution in [0.1, 0.15) is 5.56 Å². The molecule has 0 atom stereocenters. The Morgan fingerprint density at radius 2 is 2.20 bits per heavy atom. The summed E-state index contributed by atoms with van der Waals surface area (Å²) in [6.07, 6.45) is 3.46. The Balaban J connectivity index is 2.06. The number of fused-ring (bicyclic) bond motifs is 1. The van der Waals surface area contributed by atoms with Crippen molar-refractivity contribution >= 4 is 39.8 Å². The summed E-state index contributed by atoms with van der Waals surface area (Å²) in [7, 11) is 1.62. The number of carbonyl (C=O) groups is 1. The highest BCUT2D eigenvalue weighted by Crippen LogP contribution is 2.29.